The lowest BCUT2D eigenvalue weighted by atomic mass is 9.90. The number of halogens is 1. The third-order valence-corrected chi connectivity index (χ3v) is 7.86. The van der Waals surface area contributed by atoms with Gasteiger partial charge < -0.3 is 44.3 Å². The van der Waals surface area contributed by atoms with E-state index >= 15 is 0 Å². The molecule has 0 heterocycles. The van der Waals surface area contributed by atoms with Gasteiger partial charge in [-0.05, 0) is 81.3 Å². The van der Waals surface area contributed by atoms with E-state index in [1.807, 2.05) is 0 Å². The van der Waals surface area contributed by atoms with Gasteiger partial charge in [0, 0.05) is 34.5 Å². The fourth-order valence-electron chi connectivity index (χ4n) is 4.90. The monoisotopic (exact) mass is 751 g/mol. The molecular formula is C35H48IN2O8+. The molecule has 4 N–H and O–H groups in total. The SMILES string of the molecule is OCCOCCN(CCOCCO)c1ccc(C(=C2C=CC(=[N+](CCOCCO)CCOCCO)C=C2)c2ccc(I)cc2)cc1. The summed E-state index contributed by atoms with van der Waals surface area (Å²) in [4.78, 5) is 2.18. The minimum absolute atomic E-state index is 0.0114. The van der Waals surface area contributed by atoms with E-state index in [4.69, 9.17) is 39.4 Å². The van der Waals surface area contributed by atoms with Crippen LogP contribution in [0.2, 0.25) is 0 Å². The Morgan fingerprint density at radius 2 is 1.00 bits per heavy atom. The summed E-state index contributed by atoms with van der Waals surface area (Å²) in [7, 11) is 0. The number of benzene rings is 2. The second kappa shape index (κ2) is 23.0. The third-order valence-electron chi connectivity index (χ3n) is 7.14. The van der Waals surface area contributed by atoms with Crippen LogP contribution >= 0.6 is 22.6 Å². The molecule has 2 aromatic carbocycles. The van der Waals surface area contributed by atoms with E-state index in [0.717, 1.165) is 37.2 Å². The van der Waals surface area contributed by atoms with Gasteiger partial charge in [0.05, 0.1) is 66.1 Å². The molecule has 0 saturated carbocycles. The number of aliphatic hydroxyl groups excluding tert-OH is 4. The second-order valence-electron chi connectivity index (χ2n) is 10.3. The Labute approximate surface area is 286 Å². The maximum absolute atomic E-state index is 9.07. The molecule has 1 aliphatic rings. The second-order valence-corrected chi connectivity index (χ2v) is 11.5. The normalized spacial score (nSPS) is 12.6. The van der Waals surface area contributed by atoms with Crippen LogP contribution in [0.4, 0.5) is 5.69 Å². The van der Waals surface area contributed by atoms with Crippen molar-refractivity contribution in [2.24, 2.45) is 0 Å². The smallest absolute Gasteiger partial charge is 0.200 e. The van der Waals surface area contributed by atoms with Gasteiger partial charge in [-0.1, -0.05) is 24.3 Å². The maximum Gasteiger partial charge on any atom is 0.200 e. The fraction of sp³-hybridized carbons (Fsp3) is 0.457. The topological polar surface area (TPSA) is 124 Å². The van der Waals surface area contributed by atoms with E-state index in [0.29, 0.717) is 79.0 Å². The molecule has 10 nitrogen and oxygen atoms in total. The van der Waals surface area contributed by atoms with Crippen molar-refractivity contribution >= 4 is 39.6 Å². The molecule has 0 bridgehead atoms. The van der Waals surface area contributed by atoms with Gasteiger partial charge in [0.1, 0.15) is 13.2 Å². The zero-order valence-electron chi connectivity index (χ0n) is 26.4. The Balaban J connectivity index is 1.91. The number of hydrogen-bond donors (Lipinski definition) is 4. The highest BCUT2D eigenvalue weighted by Crippen LogP contribution is 2.31. The summed E-state index contributed by atoms with van der Waals surface area (Å²) < 4.78 is 25.4. The molecule has 3 rings (SSSR count). The van der Waals surface area contributed by atoms with Crippen LogP contribution < -0.4 is 4.90 Å². The van der Waals surface area contributed by atoms with Crippen LogP contribution in [0, 0.1) is 3.57 Å². The van der Waals surface area contributed by atoms with Gasteiger partial charge in [0.25, 0.3) is 0 Å². The van der Waals surface area contributed by atoms with E-state index in [1.54, 1.807) is 0 Å². The standard InChI is InChI=1S/C35H48IN2O8/c36-32-7-1-29(2-8-32)35(30-3-9-33(10-4-30)37(13-21-43-25-17-39)14-22-44-26-18-40)31-5-11-34(12-6-31)38(15-23-45-27-19-41)16-24-46-28-20-42/h1-12,39-42H,13-28H2/q+1. The molecule has 0 amide bonds. The van der Waals surface area contributed by atoms with Gasteiger partial charge >= 0.3 is 0 Å². The molecule has 0 unspecified atom stereocenters. The van der Waals surface area contributed by atoms with Crippen molar-refractivity contribution in [3.8, 4) is 0 Å². The highest BCUT2D eigenvalue weighted by Gasteiger charge is 2.17. The van der Waals surface area contributed by atoms with E-state index in [2.05, 4.69) is 105 Å². The summed E-state index contributed by atoms with van der Waals surface area (Å²) in [5, 5.41) is 36.3. The summed E-state index contributed by atoms with van der Waals surface area (Å²) in [5.74, 6) is 0. The highest BCUT2D eigenvalue weighted by molar-refractivity contribution is 14.1. The van der Waals surface area contributed by atoms with Crippen molar-refractivity contribution < 1.29 is 43.9 Å². The highest BCUT2D eigenvalue weighted by atomic mass is 127. The Morgan fingerprint density at radius 3 is 1.46 bits per heavy atom. The largest absolute Gasteiger partial charge is 0.394 e. The Morgan fingerprint density at radius 1 is 0.565 bits per heavy atom. The number of nitrogens with zero attached hydrogens (tertiary/aromatic N) is 2. The summed E-state index contributed by atoms with van der Waals surface area (Å²) in [6.45, 7) is 5.64. The van der Waals surface area contributed by atoms with E-state index < -0.39 is 0 Å². The third kappa shape index (κ3) is 13.3. The first-order valence-electron chi connectivity index (χ1n) is 15.7. The van der Waals surface area contributed by atoms with Crippen LogP contribution in [0.1, 0.15) is 11.1 Å². The van der Waals surface area contributed by atoms with Gasteiger partial charge in [-0.15, -0.1) is 0 Å². The Kier molecular flexibility index (Phi) is 19.0. The van der Waals surface area contributed by atoms with Crippen molar-refractivity contribution in [1.29, 1.82) is 0 Å². The van der Waals surface area contributed by atoms with Crippen LogP contribution in [-0.2, 0) is 18.9 Å². The van der Waals surface area contributed by atoms with Gasteiger partial charge in [0.15, 0.2) is 18.8 Å². The van der Waals surface area contributed by atoms with Crippen LogP contribution in [0.25, 0.3) is 5.57 Å². The molecule has 1 aliphatic carbocycles. The molecule has 0 saturated heterocycles. The van der Waals surface area contributed by atoms with E-state index in [9.17, 15) is 0 Å². The Hall–Kier alpha value is -2.46. The van der Waals surface area contributed by atoms with Gasteiger partial charge in [-0.3, -0.25) is 0 Å². The molecule has 252 valence electrons. The maximum atomic E-state index is 9.07. The number of rotatable bonds is 23. The lowest BCUT2D eigenvalue weighted by Crippen LogP contribution is -2.31. The number of allylic oxidation sites excluding steroid dienone is 5. The summed E-state index contributed by atoms with van der Waals surface area (Å²) in [5.41, 5.74) is 6.45. The van der Waals surface area contributed by atoms with Crippen molar-refractivity contribution in [2.75, 3.05) is 110 Å². The van der Waals surface area contributed by atoms with Crippen molar-refractivity contribution in [2.45, 2.75) is 0 Å². The zero-order chi connectivity index (χ0) is 32.8. The molecule has 0 atom stereocenters. The molecule has 46 heavy (non-hydrogen) atoms. The number of ether oxygens (including phenoxy) is 4. The van der Waals surface area contributed by atoms with Gasteiger partial charge in [0.2, 0.25) is 0 Å². The summed E-state index contributed by atoms with van der Waals surface area (Å²) in [6, 6.07) is 17.0. The fourth-order valence-corrected chi connectivity index (χ4v) is 5.26. The molecule has 0 radical (unpaired) electrons. The van der Waals surface area contributed by atoms with E-state index in [1.165, 1.54) is 0 Å². The first kappa shape index (κ1) is 38.0. The molecule has 0 aromatic heterocycles. The number of anilines is 1. The molecule has 0 aliphatic heterocycles. The minimum Gasteiger partial charge on any atom is -0.394 e. The molecular weight excluding hydrogens is 703 g/mol. The zero-order valence-corrected chi connectivity index (χ0v) is 28.6. The summed E-state index contributed by atoms with van der Waals surface area (Å²) >= 11 is 2.32. The van der Waals surface area contributed by atoms with Crippen LogP contribution in [0.15, 0.2) is 78.4 Å². The quantitative estimate of drug-likeness (QED) is 0.0772. The minimum atomic E-state index is -0.0114. The molecule has 2 aromatic rings. The van der Waals surface area contributed by atoms with Crippen molar-refractivity contribution in [1.82, 2.24) is 0 Å². The first-order valence-corrected chi connectivity index (χ1v) is 16.8. The van der Waals surface area contributed by atoms with Crippen LogP contribution in [0.3, 0.4) is 0 Å². The lowest BCUT2D eigenvalue weighted by Gasteiger charge is -2.25. The first-order chi connectivity index (χ1) is 22.6. The number of hydrogen-bond acceptors (Lipinski definition) is 9. The average Bonchev–Trinajstić information content (AvgIpc) is 3.08. The van der Waals surface area contributed by atoms with Gasteiger partial charge in [-0.25, -0.2) is 4.58 Å². The van der Waals surface area contributed by atoms with Crippen LogP contribution in [0.5, 0.6) is 0 Å². The van der Waals surface area contributed by atoms with Crippen LogP contribution in [-0.4, -0.2) is 136 Å². The van der Waals surface area contributed by atoms with Crippen molar-refractivity contribution in [3.05, 3.63) is 93.1 Å². The van der Waals surface area contributed by atoms with E-state index in [-0.39, 0.29) is 26.4 Å². The average molecular weight is 752 g/mol. The molecule has 11 heteroatoms. The molecule has 0 fully saturated rings. The predicted molar refractivity (Wildman–Crippen MR) is 189 cm³/mol. The lowest BCUT2D eigenvalue weighted by molar-refractivity contribution is -0.532. The Bertz CT molecular complexity index is 1220. The number of aliphatic hydroxyl groups is 4. The predicted octanol–water partition coefficient (Wildman–Crippen LogP) is 2.51. The van der Waals surface area contributed by atoms with Crippen molar-refractivity contribution in [3.63, 3.8) is 0 Å². The molecule has 0 spiro atoms. The summed E-state index contributed by atoms with van der Waals surface area (Å²) in [6.07, 6.45) is 8.48. The van der Waals surface area contributed by atoms with Gasteiger partial charge in [-0.2, -0.15) is 0 Å².